The number of hydrogen-bond acceptors (Lipinski definition) is 6. The first-order chi connectivity index (χ1) is 11.4. The van der Waals surface area contributed by atoms with Crippen LogP contribution in [0.15, 0.2) is 47.5 Å². The maximum absolute atomic E-state index is 12.1. The molecule has 0 amide bonds. The largest absolute Gasteiger partial charge is 0.461 e. The number of rotatable bonds is 4. The quantitative estimate of drug-likeness (QED) is 0.672. The number of carbonyl (C=O) groups excluding carboxylic acids is 1. The zero-order valence-corrected chi connectivity index (χ0v) is 13.9. The summed E-state index contributed by atoms with van der Waals surface area (Å²) in [5.74, 6) is -0.548. The topological polar surface area (TPSA) is 91.1 Å². The molecular formula is C16H15N3O4S. The second-order valence-corrected chi connectivity index (χ2v) is 7.14. The summed E-state index contributed by atoms with van der Waals surface area (Å²) >= 11 is 0. The smallest absolute Gasteiger partial charge is 0.359 e. The van der Waals surface area contributed by atoms with Gasteiger partial charge in [-0.15, -0.1) is 0 Å². The lowest BCUT2D eigenvalue weighted by Gasteiger charge is -2.05. The van der Waals surface area contributed by atoms with Gasteiger partial charge in [0.1, 0.15) is 0 Å². The normalized spacial score (nSPS) is 11.6. The summed E-state index contributed by atoms with van der Waals surface area (Å²) in [6.45, 7) is 1.95. The van der Waals surface area contributed by atoms with E-state index in [2.05, 4.69) is 10.1 Å². The summed E-state index contributed by atoms with van der Waals surface area (Å²) < 4.78 is 30.0. The second kappa shape index (κ2) is 6.04. The van der Waals surface area contributed by atoms with Crippen molar-refractivity contribution in [2.45, 2.75) is 11.8 Å². The number of fused-ring (bicyclic) bond motifs is 1. The predicted octanol–water partition coefficient (Wildman–Crippen LogP) is 2.00. The van der Waals surface area contributed by atoms with Crippen LogP contribution in [-0.2, 0) is 14.6 Å². The molecule has 0 spiro atoms. The minimum Gasteiger partial charge on any atom is -0.461 e. The molecule has 0 fully saturated rings. The molecule has 0 atom stereocenters. The highest BCUT2D eigenvalue weighted by molar-refractivity contribution is 7.90. The van der Waals surface area contributed by atoms with E-state index >= 15 is 0 Å². The van der Waals surface area contributed by atoms with Gasteiger partial charge >= 0.3 is 5.97 Å². The average Bonchev–Trinajstić information content (AvgIpc) is 2.94. The van der Waals surface area contributed by atoms with Crippen LogP contribution in [0.3, 0.4) is 0 Å². The van der Waals surface area contributed by atoms with Crippen molar-refractivity contribution in [1.29, 1.82) is 0 Å². The van der Waals surface area contributed by atoms with Crippen molar-refractivity contribution < 1.29 is 17.9 Å². The molecule has 0 aliphatic carbocycles. The number of benzene rings is 1. The first kappa shape index (κ1) is 16.1. The van der Waals surface area contributed by atoms with Crippen molar-refractivity contribution in [3.63, 3.8) is 0 Å². The Hall–Kier alpha value is -2.74. The number of pyridine rings is 1. The molecule has 0 N–H and O–H groups in total. The standard InChI is InChI=1S/C16H15N3O4S/c1-3-23-16(20)14-13-8-5-9-17-15(13)19(18-14)11-6-4-7-12(10-11)24(2,21)22/h4-10H,3H2,1-2H3. The van der Waals surface area contributed by atoms with E-state index in [-0.39, 0.29) is 17.2 Å². The van der Waals surface area contributed by atoms with Crippen LogP contribution in [0, 0.1) is 0 Å². The Balaban J connectivity index is 2.22. The first-order valence-corrected chi connectivity index (χ1v) is 9.12. The highest BCUT2D eigenvalue weighted by atomic mass is 32.2. The third-order valence-corrected chi connectivity index (χ3v) is 4.51. The van der Waals surface area contributed by atoms with E-state index in [9.17, 15) is 13.2 Å². The maximum Gasteiger partial charge on any atom is 0.359 e. The molecule has 7 nitrogen and oxygen atoms in total. The average molecular weight is 345 g/mol. The van der Waals surface area contributed by atoms with Crippen LogP contribution in [0.5, 0.6) is 0 Å². The Kier molecular flexibility index (Phi) is 4.06. The number of hydrogen-bond donors (Lipinski definition) is 0. The van der Waals surface area contributed by atoms with Crippen LogP contribution in [-0.4, -0.2) is 42.0 Å². The van der Waals surface area contributed by atoms with Crippen molar-refractivity contribution >= 4 is 26.8 Å². The lowest BCUT2D eigenvalue weighted by atomic mass is 10.2. The lowest BCUT2D eigenvalue weighted by molar-refractivity contribution is 0.0521. The molecule has 2 heterocycles. The van der Waals surface area contributed by atoms with Gasteiger partial charge in [0.2, 0.25) is 0 Å². The maximum atomic E-state index is 12.1. The summed E-state index contributed by atoms with van der Waals surface area (Å²) in [6, 6.07) is 9.73. The van der Waals surface area contributed by atoms with Gasteiger partial charge in [-0.1, -0.05) is 6.07 Å². The third-order valence-electron chi connectivity index (χ3n) is 3.40. The fourth-order valence-electron chi connectivity index (χ4n) is 2.33. The molecule has 3 aromatic rings. The molecular weight excluding hydrogens is 330 g/mol. The van der Waals surface area contributed by atoms with E-state index < -0.39 is 15.8 Å². The third kappa shape index (κ3) is 2.88. The molecule has 0 saturated heterocycles. The van der Waals surface area contributed by atoms with Gasteiger partial charge < -0.3 is 4.74 Å². The van der Waals surface area contributed by atoms with Gasteiger partial charge in [-0.3, -0.25) is 0 Å². The van der Waals surface area contributed by atoms with E-state index in [1.54, 1.807) is 37.4 Å². The monoisotopic (exact) mass is 345 g/mol. The first-order valence-electron chi connectivity index (χ1n) is 7.23. The zero-order chi connectivity index (χ0) is 17.3. The van der Waals surface area contributed by atoms with Crippen molar-refractivity contribution in [2.75, 3.05) is 12.9 Å². The molecule has 124 valence electrons. The Morgan fingerprint density at radius 3 is 2.75 bits per heavy atom. The van der Waals surface area contributed by atoms with Crippen LogP contribution in [0.4, 0.5) is 0 Å². The second-order valence-electron chi connectivity index (χ2n) is 5.12. The van der Waals surface area contributed by atoms with Crippen molar-refractivity contribution in [3.8, 4) is 5.69 Å². The van der Waals surface area contributed by atoms with Gasteiger partial charge in [0, 0.05) is 12.5 Å². The number of esters is 1. The van der Waals surface area contributed by atoms with Gasteiger partial charge in [0.05, 0.1) is 22.6 Å². The Labute approximate surface area is 138 Å². The molecule has 0 bridgehead atoms. The molecule has 0 unspecified atom stereocenters. The van der Waals surface area contributed by atoms with Crippen LogP contribution in [0.2, 0.25) is 0 Å². The SMILES string of the molecule is CCOC(=O)c1nn(-c2cccc(S(C)(=O)=O)c2)c2ncccc12. The molecule has 24 heavy (non-hydrogen) atoms. The van der Waals surface area contributed by atoms with Crippen LogP contribution < -0.4 is 0 Å². The molecule has 1 aromatic carbocycles. The van der Waals surface area contributed by atoms with E-state index in [0.717, 1.165) is 6.26 Å². The molecule has 3 rings (SSSR count). The highest BCUT2D eigenvalue weighted by Crippen LogP contribution is 2.22. The van der Waals surface area contributed by atoms with Gasteiger partial charge in [0.15, 0.2) is 21.2 Å². The summed E-state index contributed by atoms with van der Waals surface area (Å²) in [6.07, 6.45) is 2.71. The van der Waals surface area contributed by atoms with Crippen LogP contribution in [0.25, 0.3) is 16.7 Å². The van der Waals surface area contributed by atoms with E-state index in [1.165, 1.54) is 16.8 Å². The van der Waals surface area contributed by atoms with Gasteiger partial charge in [-0.25, -0.2) is 22.9 Å². The lowest BCUT2D eigenvalue weighted by Crippen LogP contribution is -2.07. The fourth-order valence-corrected chi connectivity index (χ4v) is 2.99. The van der Waals surface area contributed by atoms with Gasteiger partial charge in [-0.2, -0.15) is 5.10 Å². The summed E-state index contributed by atoms with van der Waals surface area (Å²) in [5, 5.41) is 4.83. The fraction of sp³-hybridized carbons (Fsp3) is 0.188. The molecule has 2 aromatic heterocycles. The number of sulfone groups is 1. The Morgan fingerprint density at radius 1 is 1.25 bits per heavy atom. The van der Waals surface area contributed by atoms with Gasteiger partial charge in [-0.05, 0) is 37.3 Å². The predicted molar refractivity (Wildman–Crippen MR) is 87.9 cm³/mol. The summed E-state index contributed by atoms with van der Waals surface area (Å²) in [4.78, 5) is 16.5. The van der Waals surface area contributed by atoms with E-state index in [1.807, 2.05) is 0 Å². The van der Waals surface area contributed by atoms with E-state index in [4.69, 9.17) is 4.74 Å². The highest BCUT2D eigenvalue weighted by Gasteiger charge is 2.20. The molecule has 0 saturated carbocycles. The summed E-state index contributed by atoms with van der Waals surface area (Å²) in [7, 11) is -3.36. The number of carbonyl (C=O) groups is 1. The summed E-state index contributed by atoms with van der Waals surface area (Å²) in [5.41, 5.74) is 1.09. The van der Waals surface area contributed by atoms with Crippen molar-refractivity contribution in [3.05, 3.63) is 48.3 Å². The van der Waals surface area contributed by atoms with Crippen molar-refractivity contribution in [2.24, 2.45) is 0 Å². The number of nitrogens with zero attached hydrogens (tertiary/aromatic N) is 3. The molecule has 8 heteroatoms. The Morgan fingerprint density at radius 2 is 2.04 bits per heavy atom. The van der Waals surface area contributed by atoms with Crippen LogP contribution >= 0.6 is 0 Å². The van der Waals surface area contributed by atoms with Crippen molar-refractivity contribution in [1.82, 2.24) is 14.8 Å². The van der Waals surface area contributed by atoms with Gasteiger partial charge in [0.25, 0.3) is 0 Å². The molecule has 0 radical (unpaired) electrons. The Bertz CT molecular complexity index is 1020. The van der Waals surface area contributed by atoms with Crippen LogP contribution in [0.1, 0.15) is 17.4 Å². The molecule has 0 aliphatic heterocycles. The molecule has 0 aliphatic rings. The minimum atomic E-state index is -3.36. The zero-order valence-electron chi connectivity index (χ0n) is 13.1. The minimum absolute atomic E-state index is 0.143. The number of ether oxygens (including phenoxy) is 1. The number of aromatic nitrogens is 3. The van der Waals surface area contributed by atoms with E-state index in [0.29, 0.717) is 16.7 Å².